The number of halogens is 2. The lowest BCUT2D eigenvalue weighted by molar-refractivity contribution is -0.142. The molecule has 7 heteroatoms. The summed E-state index contributed by atoms with van der Waals surface area (Å²) in [7, 11) is 1.56. The Morgan fingerprint density at radius 2 is 1.80 bits per heavy atom. The molecule has 0 saturated heterocycles. The van der Waals surface area contributed by atoms with Crippen LogP contribution in [0, 0.1) is 20.8 Å². The molecule has 0 fully saturated rings. The molecule has 1 atom stereocenters. The van der Waals surface area contributed by atoms with Crippen LogP contribution in [0.1, 0.15) is 35.6 Å². The number of carbonyl (C=O) groups is 2. The lowest BCUT2D eigenvalue weighted by Gasteiger charge is -2.30. The number of amides is 2. The van der Waals surface area contributed by atoms with Gasteiger partial charge >= 0.3 is 0 Å². The van der Waals surface area contributed by atoms with Gasteiger partial charge in [-0.1, -0.05) is 42.3 Å². The number of hydrogen-bond acceptors (Lipinski definition) is 3. The zero-order valence-electron chi connectivity index (χ0n) is 18.0. The van der Waals surface area contributed by atoms with Crippen LogP contribution in [0.15, 0.2) is 30.3 Å². The van der Waals surface area contributed by atoms with E-state index in [2.05, 4.69) is 11.4 Å². The van der Waals surface area contributed by atoms with Crippen molar-refractivity contribution in [1.29, 1.82) is 0 Å². The van der Waals surface area contributed by atoms with E-state index in [-0.39, 0.29) is 25.0 Å². The zero-order valence-corrected chi connectivity index (χ0v) is 19.5. The largest absolute Gasteiger partial charge is 0.483 e. The maximum atomic E-state index is 13.1. The van der Waals surface area contributed by atoms with Gasteiger partial charge in [-0.3, -0.25) is 9.59 Å². The van der Waals surface area contributed by atoms with Crippen molar-refractivity contribution < 1.29 is 14.3 Å². The molecule has 0 spiro atoms. The highest BCUT2D eigenvalue weighted by Gasteiger charge is 2.28. The summed E-state index contributed by atoms with van der Waals surface area (Å²) in [6, 6.07) is 8.53. The summed E-state index contributed by atoms with van der Waals surface area (Å²) in [6.45, 7) is 7.86. The first-order valence-electron chi connectivity index (χ1n) is 9.83. The highest BCUT2D eigenvalue weighted by atomic mass is 35.5. The van der Waals surface area contributed by atoms with E-state index in [4.69, 9.17) is 27.9 Å². The molecule has 1 N–H and O–H groups in total. The molecule has 0 aliphatic heterocycles. The van der Waals surface area contributed by atoms with Crippen LogP contribution < -0.4 is 10.1 Å². The molecule has 2 rings (SSSR count). The molecule has 0 radical (unpaired) electrons. The predicted molar refractivity (Wildman–Crippen MR) is 121 cm³/mol. The summed E-state index contributed by atoms with van der Waals surface area (Å²) >= 11 is 12.1. The fourth-order valence-corrected chi connectivity index (χ4v) is 3.61. The SMILES string of the molecule is CCC(C(=O)NC)N(Cc1ccc(Cl)c(Cl)c1)C(=O)COc1cc(C)cc(C)c1C. The third-order valence-corrected chi connectivity index (χ3v) is 5.82. The summed E-state index contributed by atoms with van der Waals surface area (Å²) in [5, 5.41) is 3.47. The Balaban J connectivity index is 2.27. The third kappa shape index (κ3) is 5.89. The molecular weight excluding hydrogens is 423 g/mol. The van der Waals surface area contributed by atoms with Crippen LogP contribution in [0.2, 0.25) is 10.0 Å². The molecule has 0 aliphatic carbocycles. The molecule has 0 bridgehead atoms. The Morgan fingerprint density at radius 1 is 1.10 bits per heavy atom. The predicted octanol–water partition coefficient (Wildman–Crippen LogP) is 4.85. The maximum Gasteiger partial charge on any atom is 0.261 e. The van der Waals surface area contributed by atoms with Crippen LogP contribution in [0.5, 0.6) is 5.75 Å². The fraction of sp³-hybridized carbons (Fsp3) is 0.391. The van der Waals surface area contributed by atoms with Crippen molar-refractivity contribution in [3.8, 4) is 5.75 Å². The first-order valence-corrected chi connectivity index (χ1v) is 10.6. The number of hydrogen-bond donors (Lipinski definition) is 1. The molecule has 0 aromatic heterocycles. The number of benzene rings is 2. The maximum absolute atomic E-state index is 13.1. The first kappa shape index (κ1) is 24.0. The normalized spacial score (nSPS) is 11.7. The number of likely N-dealkylation sites (N-methyl/N-ethyl adjacent to an activating group) is 1. The van der Waals surface area contributed by atoms with Crippen LogP contribution in [0.4, 0.5) is 0 Å². The second-order valence-electron chi connectivity index (χ2n) is 7.30. The van der Waals surface area contributed by atoms with Crippen molar-refractivity contribution in [3.63, 3.8) is 0 Å². The first-order chi connectivity index (χ1) is 14.2. The van der Waals surface area contributed by atoms with Crippen LogP contribution in [-0.4, -0.2) is 36.4 Å². The minimum atomic E-state index is -0.624. The Morgan fingerprint density at radius 3 is 2.40 bits per heavy atom. The second-order valence-corrected chi connectivity index (χ2v) is 8.12. The van der Waals surface area contributed by atoms with E-state index in [0.29, 0.717) is 22.2 Å². The van der Waals surface area contributed by atoms with E-state index in [9.17, 15) is 9.59 Å². The molecule has 162 valence electrons. The summed E-state index contributed by atoms with van der Waals surface area (Å²) < 4.78 is 5.86. The van der Waals surface area contributed by atoms with Gasteiger partial charge in [-0.05, 0) is 67.6 Å². The quantitative estimate of drug-likeness (QED) is 0.624. The summed E-state index contributed by atoms with van der Waals surface area (Å²) in [5.41, 5.74) is 3.93. The molecule has 2 amide bonds. The molecule has 1 unspecified atom stereocenters. The van der Waals surface area contributed by atoms with Crippen molar-refractivity contribution in [2.75, 3.05) is 13.7 Å². The van der Waals surface area contributed by atoms with Gasteiger partial charge in [-0.2, -0.15) is 0 Å². The van der Waals surface area contributed by atoms with E-state index >= 15 is 0 Å². The van der Waals surface area contributed by atoms with E-state index in [0.717, 1.165) is 22.3 Å². The monoisotopic (exact) mass is 450 g/mol. The molecule has 0 aliphatic rings. The minimum absolute atomic E-state index is 0.168. The van der Waals surface area contributed by atoms with Crippen molar-refractivity contribution in [3.05, 3.63) is 62.6 Å². The highest BCUT2D eigenvalue weighted by Crippen LogP contribution is 2.25. The van der Waals surface area contributed by atoms with Gasteiger partial charge in [0.1, 0.15) is 11.8 Å². The zero-order chi connectivity index (χ0) is 22.4. The Bertz CT molecular complexity index is 931. The molecule has 2 aromatic rings. The summed E-state index contributed by atoms with van der Waals surface area (Å²) in [5.74, 6) is 0.159. The Hall–Kier alpha value is -2.24. The minimum Gasteiger partial charge on any atom is -0.483 e. The van der Waals surface area contributed by atoms with Gasteiger partial charge < -0.3 is 15.0 Å². The van der Waals surface area contributed by atoms with Gasteiger partial charge in [-0.25, -0.2) is 0 Å². The third-order valence-electron chi connectivity index (χ3n) is 5.08. The smallest absolute Gasteiger partial charge is 0.261 e. The average molecular weight is 451 g/mol. The number of aryl methyl sites for hydroxylation is 2. The number of nitrogens with zero attached hydrogens (tertiary/aromatic N) is 1. The molecule has 5 nitrogen and oxygen atoms in total. The lowest BCUT2D eigenvalue weighted by atomic mass is 10.1. The van der Waals surface area contributed by atoms with Gasteiger partial charge in [0.2, 0.25) is 5.91 Å². The lowest BCUT2D eigenvalue weighted by Crippen LogP contribution is -2.49. The van der Waals surface area contributed by atoms with Gasteiger partial charge in [0.15, 0.2) is 6.61 Å². The van der Waals surface area contributed by atoms with E-state index in [1.54, 1.807) is 25.2 Å². The number of rotatable bonds is 8. The second kappa shape index (κ2) is 10.7. The van der Waals surface area contributed by atoms with Crippen LogP contribution >= 0.6 is 23.2 Å². The topological polar surface area (TPSA) is 58.6 Å². The number of nitrogens with one attached hydrogen (secondary N) is 1. The number of ether oxygens (including phenoxy) is 1. The van der Waals surface area contributed by atoms with E-state index in [1.807, 2.05) is 33.8 Å². The molecular formula is C23H28Cl2N2O3. The van der Waals surface area contributed by atoms with Crippen molar-refractivity contribution in [1.82, 2.24) is 10.2 Å². The summed E-state index contributed by atoms with van der Waals surface area (Å²) in [4.78, 5) is 27.1. The van der Waals surface area contributed by atoms with Crippen molar-refractivity contribution >= 4 is 35.0 Å². The van der Waals surface area contributed by atoms with Crippen LogP contribution in [0.25, 0.3) is 0 Å². The summed E-state index contributed by atoms with van der Waals surface area (Å²) in [6.07, 6.45) is 0.468. The van der Waals surface area contributed by atoms with Crippen molar-refractivity contribution in [2.45, 2.75) is 46.7 Å². The van der Waals surface area contributed by atoms with Crippen LogP contribution in [0.3, 0.4) is 0 Å². The standard InChI is InChI=1S/C23H28Cl2N2O3/c1-6-20(23(29)26-5)27(12-17-7-8-18(24)19(25)11-17)22(28)13-30-21-10-14(2)9-15(3)16(21)4/h7-11,20H,6,12-13H2,1-5H3,(H,26,29). The Kier molecular flexibility index (Phi) is 8.56. The van der Waals surface area contributed by atoms with Gasteiger partial charge in [0, 0.05) is 13.6 Å². The van der Waals surface area contributed by atoms with Gasteiger partial charge in [-0.15, -0.1) is 0 Å². The van der Waals surface area contributed by atoms with Gasteiger partial charge in [0.05, 0.1) is 10.0 Å². The molecule has 30 heavy (non-hydrogen) atoms. The van der Waals surface area contributed by atoms with Crippen molar-refractivity contribution in [2.24, 2.45) is 0 Å². The Labute approximate surface area is 188 Å². The van der Waals surface area contributed by atoms with E-state index in [1.165, 1.54) is 4.90 Å². The fourth-order valence-electron chi connectivity index (χ4n) is 3.29. The van der Waals surface area contributed by atoms with E-state index < -0.39 is 6.04 Å². The number of carbonyl (C=O) groups excluding carboxylic acids is 2. The van der Waals surface area contributed by atoms with Crippen LogP contribution in [-0.2, 0) is 16.1 Å². The molecule has 0 heterocycles. The van der Waals surface area contributed by atoms with Gasteiger partial charge in [0.25, 0.3) is 5.91 Å². The molecule has 2 aromatic carbocycles. The average Bonchev–Trinajstić information content (AvgIpc) is 2.71. The highest BCUT2D eigenvalue weighted by molar-refractivity contribution is 6.42. The molecule has 0 saturated carbocycles.